The first-order valence-electron chi connectivity index (χ1n) is 6.80. The summed E-state index contributed by atoms with van der Waals surface area (Å²) in [4.78, 5) is 1.61. The van der Waals surface area contributed by atoms with Crippen molar-refractivity contribution in [2.45, 2.75) is 37.8 Å². The zero-order valence-corrected chi connectivity index (χ0v) is 10.9. The minimum absolute atomic E-state index is 0.346. The van der Waals surface area contributed by atoms with Crippen molar-refractivity contribution in [2.75, 3.05) is 5.32 Å². The van der Waals surface area contributed by atoms with Crippen molar-refractivity contribution in [1.82, 2.24) is 15.0 Å². The highest BCUT2D eigenvalue weighted by atomic mass is 15.5. The molecule has 1 aromatic carbocycles. The molecule has 2 unspecified atom stereocenters. The molecule has 2 atom stereocenters. The topological polar surface area (TPSA) is 68.8 Å². The van der Waals surface area contributed by atoms with Crippen molar-refractivity contribution >= 4 is 5.69 Å². The van der Waals surface area contributed by atoms with E-state index in [0.717, 1.165) is 24.2 Å². The fourth-order valence-corrected chi connectivity index (χ4v) is 2.63. The molecule has 1 aromatic heterocycles. The van der Waals surface area contributed by atoms with Gasteiger partial charge in [0.2, 0.25) is 0 Å². The summed E-state index contributed by atoms with van der Waals surface area (Å²) in [5.41, 5.74) is 8.11. The lowest BCUT2D eigenvalue weighted by atomic mass is 9.91. The Morgan fingerprint density at radius 3 is 2.53 bits per heavy atom. The van der Waals surface area contributed by atoms with E-state index < -0.39 is 0 Å². The van der Waals surface area contributed by atoms with Crippen LogP contribution in [0, 0.1) is 0 Å². The fraction of sp³-hybridized carbons (Fsp3) is 0.429. The Bertz CT molecular complexity index is 505. The van der Waals surface area contributed by atoms with Crippen LogP contribution >= 0.6 is 0 Å². The van der Waals surface area contributed by atoms with Crippen molar-refractivity contribution in [3.8, 4) is 5.69 Å². The Morgan fingerprint density at radius 2 is 1.84 bits per heavy atom. The van der Waals surface area contributed by atoms with E-state index in [1.165, 1.54) is 12.8 Å². The molecule has 0 radical (unpaired) electrons. The maximum atomic E-state index is 6.01. The van der Waals surface area contributed by atoms with Crippen molar-refractivity contribution in [2.24, 2.45) is 5.73 Å². The molecule has 1 heterocycles. The summed E-state index contributed by atoms with van der Waals surface area (Å²) < 4.78 is 0. The lowest BCUT2D eigenvalue weighted by molar-refractivity contribution is 0.409. The number of anilines is 1. The number of benzene rings is 1. The van der Waals surface area contributed by atoms with Gasteiger partial charge < -0.3 is 11.1 Å². The van der Waals surface area contributed by atoms with Crippen LogP contribution in [0.4, 0.5) is 5.69 Å². The van der Waals surface area contributed by atoms with Gasteiger partial charge in [-0.05, 0) is 49.9 Å². The van der Waals surface area contributed by atoms with Crippen molar-refractivity contribution in [3.05, 3.63) is 36.7 Å². The predicted molar refractivity (Wildman–Crippen MR) is 75.2 cm³/mol. The van der Waals surface area contributed by atoms with Gasteiger partial charge in [0, 0.05) is 17.8 Å². The molecule has 19 heavy (non-hydrogen) atoms. The van der Waals surface area contributed by atoms with Gasteiger partial charge in [-0.15, -0.1) is 0 Å². The number of nitrogens with zero attached hydrogens (tertiary/aromatic N) is 3. The van der Waals surface area contributed by atoms with Crippen molar-refractivity contribution < 1.29 is 0 Å². The first-order valence-corrected chi connectivity index (χ1v) is 6.80. The van der Waals surface area contributed by atoms with Crippen molar-refractivity contribution in [3.63, 3.8) is 0 Å². The Hall–Kier alpha value is -1.88. The minimum atomic E-state index is 0.346. The molecule has 100 valence electrons. The van der Waals surface area contributed by atoms with Crippen molar-refractivity contribution in [1.29, 1.82) is 0 Å². The van der Waals surface area contributed by atoms with Crippen LogP contribution in [0.25, 0.3) is 5.69 Å². The molecular weight excluding hydrogens is 238 g/mol. The van der Waals surface area contributed by atoms with E-state index in [2.05, 4.69) is 27.6 Å². The fourth-order valence-electron chi connectivity index (χ4n) is 2.63. The summed E-state index contributed by atoms with van der Waals surface area (Å²) in [5.74, 6) is 0. The van der Waals surface area contributed by atoms with Gasteiger partial charge in [-0.3, -0.25) is 0 Å². The number of nitrogens with one attached hydrogen (secondary N) is 1. The van der Waals surface area contributed by atoms with E-state index in [1.807, 2.05) is 12.1 Å². The lowest BCUT2D eigenvalue weighted by Gasteiger charge is -2.28. The Morgan fingerprint density at radius 1 is 1.11 bits per heavy atom. The summed E-state index contributed by atoms with van der Waals surface area (Å²) >= 11 is 0. The third-order valence-electron chi connectivity index (χ3n) is 3.60. The first-order chi connectivity index (χ1) is 9.31. The molecular formula is C14H19N5. The summed E-state index contributed by atoms with van der Waals surface area (Å²) in [6.45, 7) is 0. The standard InChI is InChI=1S/C14H19N5/c15-11-2-1-3-13(10-11)18-12-4-6-14(7-5-12)19-16-8-9-17-19/h4-9,11,13,18H,1-3,10,15H2. The van der Waals surface area contributed by atoms with E-state index in [-0.39, 0.29) is 0 Å². The van der Waals surface area contributed by atoms with Gasteiger partial charge in [-0.1, -0.05) is 0 Å². The van der Waals surface area contributed by atoms with Gasteiger partial charge in [-0.25, -0.2) is 0 Å². The van der Waals surface area contributed by atoms with Crippen LogP contribution in [0.1, 0.15) is 25.7 Å². The van der Waals surface area contributed by atoms with E-state index in [9.17, 15) is 0 Å². The molecule has 3 rings (SSSR count). The highest BCUT2D eigenvalue weighted by Crippen LogP contribution is 2.21. The maximum Gasteiger partial charge on any atom is 0.0858 e. The van der Waals surface area contributed by atoms with Crippen LogP contribution in [-0.4, -0.2) is 27.1 Å². The Kier molecular flexibility index (Phi) is 3.46. The second kappa shape index (κ2) is 5.40. The lowest BCUT2D eigenvalue weighted by Crippen LogP contribution is -2.34. The van der Waals surface area contributed by atoms with Crippen LogP contribution in [0.3, 0.4) is 0 Å². The van der Waals surface area contributed by atoms with Crippen LogP contribution in [-0.2, 0) is 0 Å². The van der Waals surface area contributed by atoms with Gasteiger partial charge in [0.25, 0.3) is 0 Å². The maximum absolute atomic E-state index is 6.01. The molecule has 3 N–H and O–H groups in total. The van der Waals surface area contributed by atoms with Gasteiger partial charge >= 0.3 is 0 Å². The Balaban J connectivity index is 1.66. The molecule has 1 saturated carbocycles. The molecule has 5 nitrogen and oxygen atoms in total. The normalized spacial score (nSPS) is 23.2. The minimum Gasteiger partial charge on any atom is -0.382 e. The molecule has 1 aliphatic carbocycles. The summed E-state index contributed by atoms with van der Waals surface area (Å²) in [7, 11) is 0. The molecule has 0 saturated heterocycles. The highest BCUT2D eigenvalue weighted by Gasteiger charge is 2.18. The second-order valence-electron chi connectivity index (χ2n) is 5.13. The summed E-state index contributed by atoms with van der Waals surface area (Å²) in [6, 6.07) is 9.02. The average molecular weight is 257 g/mol. The van der Waals surface area contributed by atoms with E-state index in [0.29, 0.717) is 12.1 Å². The number of aromatic nitrogens is 3. The van der Waals surface area contributed by atoms with E-state index in [1.54, 1.807) is 17.2 Å². The predicted octanol–water partition coefficient (Wildman–Crippen LogP) is 1.95. The molecule has 0 aliphatic heterocycles. The zero-order valence-electron chi connectivity index (χ0n) is 10.9. The average Bonchev–Trinajstić information content (AvgIpc) is 2.94. The zero-order chi connectivity index (χ0) is 13.1. The van der Waals surface area contributed by atoms with Crippen LogP contribution in [0.15, 0.2) is 36.7 Å². The van der Waals surface area contributed by atoms with Gasteiger partial charge in [0.15, 0.2) is 0 Å². The molecule has 0 spiro atoms. The quantitative estimate of drug-likeness (QED) is 0.881. The van der Waals surface area contributed by atoms with E-state index in [4.69, 9.17) is 5.73 Å². The SMILES string of the molecule is NC1CCCC(Nc2ccc(-n3nccn3)cc2)C1. The number of nitrogens with two attached hydrogens (primary N) is 1. The van der Waals surface area contributed by atoms with Crippen LogP contribution in [0.2, 0.25) is 0 Å². The van der Waals surface area contributed by atoms with Gasteiger partial charge in [0.05, 0.1) is 18.1 Å². The number of rotatable bonds is 3. The number of hydrogen-bond acceptors (Lipinski definition) is 4. The third kappa shape index (κ3) is 2.93. The van der Waals surface area contributed by atoms with Crippen LogP contribution < -0.4 is 11.1 Å². The molecule has 0 bridgehead atoms. The largest absolute Gasteiger partial charge is 0.382 e. The van der Waals surface area contributed by atoms with Gasteiger partial charge in [0.1, 0.15) is 0 Å². The number of hydrogen-bond donors (Lipinski definition) is 2. The highest BCUT2D eigenvalue weighted by molar-refractivity contribution is 5.48. The summed E-state index contributed by atoms with van der Waals surface area (Å²) in [6.07, 6.45) is 7.99. The third-order valence-corrected chi connectivity index (χ3v) is 3.60. The molecule has 2 aromatic rings. The molecule has 1 fully saturated rings. The van der Waals surface area contributed by atoms with Crippen LogP contribution in [0.5, 0.6) is 0 Å². The van der Waals surface area contributed by atoms with Gasteiger partial charge in [-0.2, -0.15) is 15.0 Å². The first kappa shape index (κ1) is 12.2. The molecule has 0 amide bonds. The smallest absolute Gasteiger partial charge is 0.0858 e. The molecule has 5 heteroatoms. The molecule has 1 aliphatic rings. The van der Waals surface area contributed by atoms with E-state index >= 15 is 0 Å². The summed E-state index contributed by atoms with van der Waals surface area (Å²) in [5, 5.41) is 11.8. The Labute approximate surface area is 112 Å². The monoisotopic (exact) mass is 257 g/mol. The second-order valence-corrected chi connectivity index (χ2v) is 5.13.